The Hall–Kier alpha value is -3.88. The molecule has 2 aromatic heterocycles. The number of fused-ring (bicyclic) bond motifs is 1. The van der Waals surface area contributed by atoms with Gasteiger partial charge in [0, 0.05) is 22.8 Å². The first kappa shape index (κ1) is 27.7. The van der Waals surface area contributed by atoms with Gasteiger partial charge in [-0.1, -0.05) is 30.0 Å². The molecule has 12 heteroatoms. The van der Waals surface area contributed by atoms with Crippen molar-refractivity contribution in [1.82, 2.24) is 30.4 Å². The maximum Gasteiger partial charge on any atom is 0.417 e. The predicted molar refractivity (Wildman–Crippen MR) is 146 cm³/mol. The normalized spacial score (nSPS) is 18.4. The number of carbonyl (C=O) groups excluding carboxylic acids is 1. The lowest BCUT2D eigenvalue weighted by Crippen LogP contribution is -2.30. The lowest BCUT2D eigenvalue weighted by atomic mass is 9.88. The quantitative estimate of drug-likeness (QED) is 0.382. The smallest absolute Gasteiger partial charge is 0.383 e. The molecule has 0 bridgehead atoms. The molecule has 0 spiro atoms. The van der Waals surface area contributed by atoms with Crippen LogP contribution >= 0.6 is 11.6 Å². The number of alkyl halides is 3. The Bertz CT molecular complexity index is 1610. The highest BCUT2D eigenvalue weighted by atomic mass is 35.5. The fraction of sp³-hybridized carbons (Fsp3) is 0.357. The molecule has 1 aliphatic carbocycles. The van der Waals surface area contributed by atoms with Crippen molar-refractivity contribution in [3.63, 3.8) is 0 Å². The van der Waals surface area contributed by atoms with Crippen LogP contribution < -0.4 is 16.4 Å². The lowest BCUT2D eigenvalue weighted by molar-refractivity contribution is -0.137. The zero-order valence-electron chi connectivity index (χ0n) is 21.9. The number of halogens is 4. The third kappa shape index (κ3) is 5.55. The van der Waals surface area contributed by atoms with Crippen molar-refractivity contribution >= 4 is 34.4 Å². The van der Waals surface area contributed by atoms with Gasteiger partial charge in [-0.25, -0.2) is 14.6 Å². The van der Waals surface area contributed by atoms with E-state index in [1.807, 2.05) is 18.5 Å². The van der Waals surface area contributed by atoms with Gasteiger partial charge in [0.15, 0.2) is 5.65 Å². The number of nitrogen functional groups attached to an aromatic ring is 1. The summed E-state index contributed by atoms with van der Waals surface area (Å²) in [6.45, 7) is 5.64. The molecule has 1 unspecified atom stereocenters. The SMILES string of the molecule is CC1=C(C#Cc2nn(C3CCNCC3)c3ncnc(N)c23)C=C(NC(=O)c2ccc(Cl)c(C(F)(F)F)c2)C(C)C1. The number of allylic oxidation sites excluding steroid dienone is 4. The minimum atomic E-state index is -4.67. The van der Waals surface area contributed by atoms with E-state index in [0.717, 1.165) is 43.6 Å². The average molecular weight is 570 g/mol. The molecule has 1 saturated heterocycles. The molecule has 4 N–H and O–H groups in total. The number of rotatable bonds is 3. The average Bonchev–Trinajstić information content (AvgIpc) is 3.29. The van der Waals surface area contributed by atoms with Crippen molar-refractivity contribution < 1.29 is 18.0 Å². The van der Waals surface area contributed by atoms with E-state index in [2.05, 4.69) is 32.4 Å². The molecule has 1 fully saturated rings. The maximum atomic E-state index is 13.3. The van der Waals surface area contributed by atoms with E-state index < -0.39 is 22.7 Å². The number of benzene rings is 1. The standard InChI is InChI=1S/C28H27ClF3N7O/c1-15-11-16(2)23(37-27(40)18-3-5-21(29)20(12-18)28(30,31)32)13-17(15)4-6-22-24-25(33)35-14-36-26(24)39(38-22)19-7-9-34-10-8-19/h3,5,12-14,16,19,34H,7-11H2,1-2H3,(H,37,40)(H2,33,35,36). The molecule has 0 radical (unpaired) electrons. The molecule has 1 atom stereocenters. The molecule has 3 heterocycles. The number of anilines is 1. The first-order chi connectivity index (χ1) is 19.0. The maximum absolute atomic E-state index is 13.3. The van der Waals surface area contributed by atoms with Gasteiger partial charge in [-0.05, 0) is 69.5 Å². The van der Waals surface area contributed by atoms with Gasteiger partial charge >= 0.3 is 6.18 Å². The molecule has 2 aliphatic rings. The summed E-state index contributed by atoms with van der Waals surface area (Å²) in [5.41, 5.74) is 8.33. The van der Waals surface area contributed by atoms with E-state index in [-0.39, 0.29) is 17.5 Å². The van der Waals surface area contributed by atoms with Crippen LogP contribution in [0.25, 0.3) is 11.0 Å². The van der Waals surface area contributed by atoms with E-state index in [4.69, 9.17) is 22.4 Å². The molecule has 3 aromatic rings. The van der Waals surface area contributed by atoms with E-state index >= 15 is 0 Å². The molecular formula is C28H27ClF3N7O. The van der Waals surface area contributed by atoms with Gasteiger partial charge in [-0.3, -0.25) is 4.79 Å². The Balaban J connectivity index is 1.45. The fourth-order valence-electron chi connectivity index (χ4n) is 5.00. The van der Waals surface area contributed by atoms with Crippen LogP contribution in [0.4, 0.5) is 19.0 Å². The van der Waals surface area contributed by atoms with E-state index in [9.17, 15) is 18.0 Å². The summed E-state index contributed by atoms with van der Waals surface area (Å²) >= 11 is 5.70. The molecule has 1 aromatic carbocycles. The summed E-state index contributed by atoms with van der Waals surface area (Å²) in [6, 6.07) is 3.25. The Morgan fingerprint density at radius 2 is 1.98 bits per heavy atom. The van der Waals surface area contributed by atoms with Crippen molar-refractivity contribution in [3.8, 4) is 11.8 Å². The van der Waals surface area contributed by atoms with E-state index in [1.54, 1.807) is 6.08 Å². The topological polar surface area (TPSA) is 111 Å². The Kier molecular flexibility index (Phi) is 7.57. The monoisotopic (exact) mass is 569 g/mol. The number of hydrogen-bond acceptors (Lipinski definition) is 6. The van der Waals surface area contributed by atoms with Crippen LogP contribution in [0.5, 0.6) is 0 Å². The van der Waals surface area contributed by atoms with Crippen molar-refractivity contribution in [1.29, 1.82) is 0 Å². The number of piperidine rings is 1. The zero-order chi connectivity index (χ0) is 28.6. The summed E-state index contributed by atoms with van der Waals surface area (Å²) in [6.07, 6.45) is 0.909. The summed E-state index contributed by atoms with van der Waals surface area (Å²) in [4.78, 5) is 21.5. The molecular weight excluding hydrogens is 543 g/mol. The van der Waals surface area contributed by atoms with E-state index in [0.29, 0.717) is 40.2 Å². The fourth-order valence-corrected chi connectivity index (χ4v) is 5.23. The Labute approximate surface area is 233 Å². The van der Waals surface area contributed by atoms with Gasteiger partial charge < -0.3 is 16.4 Å². The van der Waals surface area contributed by atoms with Crippen LogP contribution in [-0.2, 0) is 6.18 Å². The highest BCUT2D eigenvalue weighted by Gasteiger charge is 2.34. The first-order valence-electron chi connectivity index (χ1n) is 12.8. The largest absolute Gasteiger partial charge is 0.417 e. The van der Waals surface area contributed by atoms with Gasteiger partial charge in [0.1, 0.15) is 17.8 Å². The highest BCUT2D eigenvalue weighted by Crippen LogP contribution is 2.35. The highest BCUT2D eigenvalue weighted by molar-refractivity contribution is 6.31. The number of amides is 1. The molecule has 5 rings (SSSR count). The minimum absolute atomic E-state index is 0.0760. The van der Waals surface area contributed by atoms with Crippen molar-refractivity contribution in [2.45, 2.75) is 45.3 Å². The van der Waals surface area contributed by atoms with Crippen LogP contribution in [0.2, 0.25) is 5.02 Å². The lowest BCUT2D eigenvalue weighted by Gasteiger charge is -2.23. The summed E-state index contributed by atoms with van der Waals surface area (Å²) in [7, 11) is 0. The minimum Gasteiger partial charge on any atom is -0.383 e. The van der Waals surface area contributed by atoms with Crippen molar-refractivity contribution in [3.05, 3.63) is 69.3 Å². The van der Waals surface area contributed by atoms with Crippen LogP contribution in [0.1, 0.15) is 60.8 Å². The van der Waals surface area contributed by atoms with E-state index in [1.165, 1.54) is 12.4 Å². The molecule has 40 heavy (non-hydrogen) atoms. The number of aromatic nitrogens is 4. The third-order valence-corrected chi connectivity index (χ3v) is 7.51. The predicted octanol–water partition coefficient (Wildman–Crippen LogP) is 5.03. The van der Waals surface area contributed by atoms with Crippen molar-refractivity contribution in [2.75, 3.05) is 18.8 Å². The first-order valence-corrected chi connectivity index (χ1v) is 13.2. The second-order valence-corrected chi connectivity index (χ2v) is 10.4. The number of nitrogens with zero attached hydrogens (tertiary/aromatic N) is 4. The molecule has 1 amide bonds. The molecule has 208 valence electrons. The summed E-state index contributed by atoms with van der Waals surface area (Å²) < 4.78 is 41.7. The van der Waals surface area contributed by atoms with Gasteiger partial charge in [-0.15, -0.1) is 0 Å². The van der Waals surface area contributed by atoms with Crippen LogP contribution in [0.15, 0.2) is 47.4 Å². The van der Waals surface area contributed by atoms with Crippen LogP contribution in [0, 0.1) is 17.8 Å². The number of nitrogens with one attached hydrogen (secondary N) is 2. The van der Waals surface area contributed by atoms with Gasteiger partial charge in [0.25, 0.3) is 5.91 Å². The molecule has 1 aliphatic heterocycles. The number of carbonyl (C=O) groups is 1. The van der Waals surface area contributed by atoms with Crippen molar-refractivity contribution in [2.24, 2.45) is 5.92 Å². The van der Waals surface area contributed by atoms with Gasteiger partial charge in [0.2, 0.25) is 0 Å². The zero-order valence-corrected chi connectivity index (χ0v) is 22.6. The third-order valence-electron chi connectivity index (χ3n) is 7.18. The Morgan fingerprint density at radius 1 is 1.23 bits per heavy atom. The van der Waals surface area contributed by atoms with Crippen LogP contribution in [-0.4, -0.2) is 38.7 Å². The summed E-state index contributed by atoms with van der Waals surface area (Å²) in [5.74, 6) is 5.84. The number of nitrogens with two attached hydrogens (primary N) is 1. The molecule has 0 saturated carbocycles. The molecule has 8 nitrogen and oxygen atoms in total. The van der Waals surface area contributed by atoms with Gasteiger partial charge in [0.05, 0.1) is 22.0 Å². The Morgan fingerprint density at radius 3 is 2.70 bits per heavy atom. The second kappa shape index (κ2) is 10.9. The number of hydrogen-bond donors (Lipinski definition) is 3. The summed E-state index contributed by atoms with van der Waals surface area (Å²) in [5, 5.41) is 11.0. The van der Waals surface area contributed by atoms with Crippen LogP contribution in [0.3, 0.4) is 0 Å². The second-order valence-electron chi connectivity index (χ2n) is 10.0. The van der Waals surface area contributed by atoms with Gasteiger partial charge in [-0.2, -0.15) is 18.3 Å².